The molecule has 136 valence electrons. The number of hydrogen-bond acceptors (Lipinski definition) is 6. The van der Waals surface area contributed by atoms with Crippen molar-refractivity contribution in [1.82, 2.24) is 30.2 Å². The number of aromatic amines is 1. The number of nitrogens with zero attached hydrogens (tertiary/aromatic N) is 4. The predicted molar refractivity (Wildman–Crippen MR) is 105 cm³/mol. The molecule has 7 nitrogen and oxygen atoms in total. The average Bonchev–Trinajstić information content (AvgIpc) is 3.08. The molecule has 2 N–H and O–H groups in total. The van der Waals surface area contributed by atoms with Crippen LogP contribution in [0.15, 0.2) is 49.3 Å². The van der Waals surface area contributed by atoms with Crippen molar-refractivity contribution in [2.24, 2.45) is 0 Å². The Morgan fingerprint density at radius 2 is 1.93 bits per heavy atom. The summed E-state index contributed by atoms with van der Waals surface area (Å²) >= 11 is 6.17. The molecule has 0 aliphatic carbocycles. The number of likely N-dealkylation sites (N-methyl/N-ethyl adjacent to an activating group) is 1. The van der Waals surface area contributed by atoms with E-state index in [1.165, 1.54) is 6.33 Å². The first kappa shape index (κ1) is 17.4. The Bertz CT molecular complexity index is 1050. The van der Waals surface area contributed by atoms with E-state index in [0.717, 1.165) is 40.0 Å². The molecule has 0 fully saturated rings. The van der Waals surface area contributed by atoms with Gasteiger partial charge in [-0.3, -0.25) is 0 Å². The van der Waals surface area contributed by atoms with Crippen molar-refractivity contribution in [1.29, 1.82) is 0 Å². The summed E-state index contributed by atoms with van der Waals surface area (Å²) in [6.07, 6.45) is 8.42. The van der Waals surface area contributed by atoms with Crippen LogP contribution in [-0.2, 0) is 0 Å². The van der Waals surface area contributed by atoms with E-state index >= 15 is 0 Å². The highest BCUT2D eigenvalue weighted by Crippen LogP contribution is 2.37. The molecule has 8 heteroatoms. The van der Waals surface area contributed by atoms with Crippen molar-refractivity contribution in [2.45, 2.75) is 0 Å². The number of pyridine rings is 2. The number of fused-ring (bicyclic) bond motifs is 1. The summed E-state index contributed by atoms with van der Waals surface area (Å²) in [5.41, 5.74) is 4.33. The molecule has 4 aromatic heterocycles. The van der Waals surface area contributed by atoms with Gasteiger partial charge in [0.25, 0.3) is 0 Å². The second-order valence-electron chi connectivity index (χ2n) is 5.89. The number of H-pyrrole nitrogens is 1. The highest BCUT2D eigenvalue weighted by molar-refractivity contribution is 6.31. The number of ether oxygens (including phenoxy) is 1. The SMILES string of the molecule is CNCCOc1ccc(-c2[nH]c3ncc(Cl)cc3c2-c2cncnc2)cn1. The summed E-state index contributed by atoms with van der Waals surface area (Å²) in [4.78, 5) is 20.4. The molecule has 0 aliphatic rings. The largest absolute Gasteiger partial charge is 0.476 e. The Hall–Kier alpha value is -3.03. The number of halogens is 1. The highest BCUT2D eigenvalue weighted by atomic mass is 35.5. The predicted octanol–water partition coefficient (Wildman–Crippen LogP) is 3.33. The first-order valence-corrected chi connectivity index (χ1v) is 8.80. The van der Waals surface area contributed by atoms with E-state index < -0.39 is 0 Å². The molecule has 0 spiro atoms. The molecule has 0 bridgehead atoms. The fourth-order valence-electron chi connectivity index (χ4n) is 2.86. The summed E-state index contributed by atoms with van der Waals surface area (Å²) in [7, 11) is 1.88. The Morgan fingerprint density at radius 1 is 1.07 bits per heavy atom. The topological polar surface area (TPSA) is 88.6 Å². The number of hydrogen-bond donors (Lipinski definition) is 2. The first-order chi connectivity index (χ1) is 13.3. The van der Waals surface area contributed by atoms with Crippen LogP contribution in [-0.4, -0.2) is 45.1 Å². The third-order valence-corrected chi connectivity index (χ3v) is 4.30. The lowest BCUT2D eigenvalue weighted by atomic mass is 10.0. The van der Waals surface area contributed by atoms with Crippen LogP contribution in [0.25, 0.3) is 33.4 Å². The van der Waals surface area contributed by atoms with Crippen LogP contribution in [0, 0.1) is 0 Å². The monoisotopic (exact) mass is 380 g/mol. The maximum Gasteiger partial charge on any atom is 0.213 e. The Kier molecular flexibility index (Phi) is 4.95. The molecule has 4 rings (SSSR count). The second-order valence-corrected chi connectivity index (χ2v) is 6.33. The molecule has 4 heterocycles. The van der Waals surface area contributed by atoms with Crippen LogP contribution in [0.1, 0.15) is 0 Å². The van der Waals surface area contributed by atoms with E-state index in [2.05, 4.69) is 30.2 Å². The van der Waals surface area contributed by atoms with Gasteiger partial charge in [0, 0.05) is 59.5 Å². The van der Waals surface area contributed by atoms with E-state index in [4.69, 9.17) is 16.3 Å². The quantitative estimate of drug-likeness (QED) is 0.499. The molecular formula is C19H17ClN6O. The molecule has 0 saturated heterocycles. The molecule has 4 aromatic rings. The molecule has 0 saturated carbocycles. The van der Waals surface area contributed by atoms with Crippen LogP contribution in [0.2, 0.25) is 5.02 Å². The zero-order valence-electron chi connectivity index (χ0n) is 14.6. The molecule has 0 aliphatic heterocycles. The van der Waals surface area contributed by atoms with Crippen molar-refractivity contribution in [3.8, 4) is 28.3 Å². The lowest BCUT2D eigenvalue weighted by Gasteiger charge is -2.07. The average molecular weight is 381 g/mol. The number of aromatic nitrogens is 5. The van der Waals surface area contributed by atoms with Gasteiger partial charge in [0.05, 0.1) is 10.7 Å². The van der Waals surface area contributed by atoms with Gasteiger partial charge in [-0.25, -0.2) is 19.9 Å². The van der Waals surface area contributed by atoms with E-state index in [1.54, 1.807) is 24.8 Å². The normalized spacial score (nSPS) is 11.0. The Labute approximate surface area is 160 Å². The second kappa shape index (κ2) is 7.69. The molecule has 0 amide bonds. The summed E-state index contributed by atoms with van der Waals surface area (Å²) in [6, 6.07) is 5.69. The summed E-state index contributed by atoms with van der Waals surface area (Å²) < 4.78 is 5.59. The van der Waals surface area contributed by atoms with Gasteiger partial charge in [0.2, 0.25) is 5.88 Å². The minimum absolute atomic E-state index is 0.560. The highest BCUT2D eigenvalue weighted by Gasteiger charge is 2.17. The van der Waals surface area contributed by atoms with Gasteiger partial charge >= 0.3 is 0 Å². The first-order valence-electron chi connectivity index (χ1n) is 8.42. The minimum atomic E-state index is 0.560. The van der Waals surface area contributed by atoms with Gasteiger partial charge < -0.3 is 15.0 Å². The van der Waals surface area contributed by atoms with Crippen molar-refractivity contribution in [2.75, 3.05) is 20.2 Å². The third-order valence-electron chi connectivity index (χ3n) is 4.09. The van der Waals surface area contributed by atoms with Crippen LogP contribution >= 0.6 is 11.6 Å². The van der Waals surface area contributed by atoms with E-state index in [1.807, 2.05) is 25.2 Å². The molecule has 0 unspecified atom stereocenters. The molecule has 0 aromatic carbocycles. The van der Waals surface area contributed by atoms with Gasteiger partial charge in [0.1, 0.15) is 18.6 Å². The fourth-order valence-corrected chi connectivity index (χ4v) is 3.02. The fraction of sp³-hybridized carbons (Fsp3) is 0.158. The molecule has 0 radical (unpaired) electrons. The maximum atomic E-state index is 6.17. The lowest BCUT2D eigenvalue weighted by Crippen LogP contribution is -2.16. The molecule has 27 heavy (non-hydrogen) atoms. The van der Waals surface area contributed by atoms with Crippen LogP contribution in [0.3, 0.4) is 0 Å². The van der Waals surface area contributed by atoms with Gasteiger partial charge in [-0.2, -0.15) is 0 Å². The van der Waals surface area contributed by atoms with Crippen LogP contribution in [0.4, 0.5) is 0 Å². The maximum absolute atomic E-state index is 6.17. The number of rotatable bonds is 6. The number of nitrogens with one attached hydrogen (secondary N) is 2. The Balaban J connectivity index is 1.79. The lowest BCUT2D eigenvalue weighted by molar-refractivity contribution is 0.306. The van der Waals surface area contributed by atoms with Gasteiger partial charge in [-0.1, -0.05) is 11.6 Å². The molecular weight excluding hydrogens is 364 g/mol. The van der Waals surface area contributed by atoms with E-state index in [9.17, 15) is 0 Å². The van der Waals surface area contributed by atoms with Gasteiger partial charge in [0.15, 0.2) is 0 Å². The van der Waals surface area contributed by atoms with Crippen LogP contribution in [0.5, 0.6) is 5.88 Å². The van der Waals surface area contributed by atoms with Crippen molar-refractivity contribution in [3.05, 3.63) is 54.3 Å². The summed E-state index contributed by atoms with van der Waals surface area (Å²) in [5, 5.41) is 4.50. The summed E-state index contributed by atoms with van der Waals surface area (Å²) in [6.45, 7) is 1.32. The van der Waals surface area contributed by atoms with Gasteiger partial charge in [-0.15, -0.1) is 0 Å². The standard InChI is InChI=1S/C19H17ClN6O/c1-21-4-5-27-16-3-2-12(9-24-16)18-17(13-7-22-11-23-8-13)15-6-14(20)10-25-19(15)26-18/h2-3,6-11,21H,4-5H2,1H3,(H,25,26). The van der Waals surface area contributed by atoms with Crippen LogP contribution < -0.4 is 10.1 Å². The van der Waals surface area contributed by atoms with Gasteiger partial charge in [-0.05, 0) is 19.2 Å². The minimum Gasteiger partial charge on any atom is -0.476 e. The van der Waals surface area contributed by atoms with Crippen molar-refractivity contribution in [3.63, 3.8) is 0 Å². The third kappa shape index (κ3) is 3.60. The zero-order valence-corrected chi connectivity index (χ0v) is 15.4. The van der Waals surface area contributed by atoms with E-state index in [0.29, 0.717) is 17.5 Å². The summed E-state index contributed by atoms with van der Waals surface area (Å²) in [5.74, 6) is 0.580. The molecule has 0 atom stereocenters. The zero-order chi connectivity index (χ0) is 18.6. The Morgan fingerprint density at radius 3 is 2.67 bits per heavy atom. The van der Waals surface area contributed by atoms with Crippen molar-refractivity contribution < 1.29 is 4.74 Å². The van der Waals surface area contributed by atoms with E-state index in [-0.39, 0.29) is 0 Å². The van der Waals surface area contributed by atoms with Crippen molar-refractivity contribution >= 4 is 22.6 Å². The smallest absolute Gasteiger partial charge is 0.213 e.